The van der Waals surface area contributed by atoms with E-state index in [0.29, 0.717) is 0 Å². The lowest BCUT2D eigenvalue weighted by Gasteiger charge is -2.62. The molecular formula is C20H20O7. The van der Waals surface area contributed by atoms with Crippen molar-refractivity contribution in [3.8, 4) is 0 Å². The van der Waals surface area contributed by atoms with Crippen LogP contribution in [0.5, 0.6) is 0 Å². The quantitative estimate of drug-likeness (QED) is 0.510. The zero-order chi connectivity index (χ0) is 19.8. The van der Waals surface area contributed by atoms with Crippen LogP contribution in [0.15, 0.2) is 48.5 Å². The van der Waals surface area contributed by atoms with Crippen LogP contribution in [0.3, 0.4) is 0 Å². The molecule has 3 rings (SSSR count). The van der Waals surface area contributed by atoms with E-state index in [1.54, 1.807) is 18.2 Å². The number of rotatable bonds is 6. The molecule has 142 valence electrons. The molecule has 2 aromatic carbocycles. The zero-order valence-electron chi connectivity index (χ0n) is 14.4. The minimum Gasteiger partial charge on any atom is -0.478 e. The Balaban J connectivity index is 2.33. The highest BCUT2D eigenvalue weighted by Crippen LogP contribution is 2.60. The molecule has 0 aromatic heterocycles. The fourth-order valence-corrected chi connectivity index (χ4v) is 4.44. The second-order valence-electron chi connectivity index (χ2n) is 6.79. The number of aliphatic hydroxyl groups is 3. The van der Waals surface area contributed by atoms with Gasteiger partial charge in [-0.05, 0) is 29.7 Å². The standard InChI is InChI=1S/C20H20O7/c21-10-19(14-7-3-1-5-12(14)17(24)25)9-16(23)20(19,11-22)15-8-4-2-6-13(15)18(26)27/h1-8,16,21-23H,9-11H2,(H,24,25)(H,26,27)/t16-,19-,20-/m1/s1. The summed E-state index contributed by atoms with van der Waals surface area (Å²) in [6.45, 7) is -1.23. The van der Waals surface area contributed by atoms with Crippen molar-refractivity contribution in [2.24, 2.45) is 0 Å². The first-order valence-corrected chi connectivity index (χ1v) is 8.41. The summed E-state index contributed by atoms with van der Waals surface area (Å²) < 4.78 is 0. The molecule has 1 aliphatic carbocycles. The van der Waals surface area contributed by atoms with Gasteiger partial charge < -0.3 is 25.5 Å². The van der Waals surface area contributed by atoms with E-state index >= 15 is 0 Å². The number of hydrogen-bond donors (Lipinski definition) is 5. The van der Waals surface area contributed by atoms with Crippen LogP contribution in [0.2, 0.25) is 0 Å². The molecular weight excluding hydrogens is 352 g/mol. The van der Waals surface area contributed by atoms with Gasteiger partial charge in [-0.25, -0.2) is 9.59 Å². The van der Waals surface area contributed by atoms with E-state index < -0.39 is 42.1 Å². The Kier molecular flexibility index (Phi) is 4.77. The van der Waals surface area contributed by atoms with E-state index in [1.165, 1.54) is 30.3 Å². The van der Waals surface area contributed by atoms with Gasteiger partial charge in [0.05, 0.1) is 35.9 Å². The van der Waals surface area contributed by atoms with E-state index in [4.69, 9.17) is 0 Å². The predicted molar refractivity (Wildman–Crippen MR) is 95.0 cm³/mol. The number of carboxylic acids is 2. The lowest BCUT2D eigenvalue weighted by molar-refractivity contribution is -0.132. The minimum absolute atomic E-state index is 0.0116. The van der Waals surface area contributed by atoms with Crippen molar-refractivity contribution in [3.05, 3.63) is 70.8 Å². The van der Waals surface area contributed by atoms with Gasteiger partial charge in [0, 0.05) is 5.41 Å². The Hall–Kier alpha value is -2.74. The molecule has 5 N–H and O–H groups in total. The van der Waals surface area contributed by atoms with Crippen molar-refractivity contribution in [3.63, 3.8) is 0 Å². The molecule has 2 aromatic rings. The van der Waals surface area contributed by atoms with Crippen LogP contribution < -0.4 is 0 Å². The molecule has 0 bridgehead atoms. The number of aromatic carboxylic acids is 2. The number of carboxylic acid groups (broad SMARTS) is 2. The summed E-state index contributed by atoms with van der Waals surface area (Å²) in [4.78, 5) is 23.4. The van der Waals surface area contributed by atoms with Gasteiger partial charge >= 0.3 is 11.9 Å². The van der Waals surface area contributed by atoms with E-state index in [2.05, 4.69) is 0 Å². The predicted octanol–water partition coefficient (Wildman–Crippen LogP) is 1.01. The Morgan fingerprint density at radius 2 is 1.33 bits per heavy atom. The summed E-state index contributed by atoms with van der Waals surface area (Å²) >= 11 is 0. The van der Waals surface area contributed by atoms with Crippen LogP contribution in [-0.2, 0) is 10.8 Å². The molecule has 3 atom stereocenters. The van der Waals surface area contributed by atoms with E-state index in [1.807, 2.05) is 0 Å². The normalized spacial score (nSPS) is 27.0. The summed E-state index contributed by atoms with van der Waals surface area (Å²) in [7, 11) is 0. The lowest BCUT2D eigenvalue weighted by Crippen LogP contribution is -2.71. The first kappa shape index (κ1) is 19.0. The molecule has 7 nitrogen and oxygen atoms in total. The molecule has 0 saturated heterocycles. The topological polar surface area (TPSA) is 135 Å². The smallest absolute Gasteiger partial charge is 0.335 e. The number of aliphatic hydroxyl groups excluding tert-OH is 3. The van der Waals surface area contributed by atoms with Crippen LogP contribution in [0.4, 0.5) is 0 Å². The van der Waals surface area contributed by atoms with E-state index in [-0.39, 0.29) is 28.7 Å². The monoisotopic (exact) mass is 372 g/mol. The van der Waals surface area contributed by atoms with Gasteiger partial charge in [0.1, 0.15) is 0 Å². The molecule has 1 fully saturated rings. The maximum atomic E-state index is 11.7. The molecule has 0 spiro atoms. The van der Waals surface area contributed by atoms with Crippen molar-refractivity contribution in [1.82, 2.24) is 0 Å². The molecule has 1 aliphatic rings. The Bertz CT molecular complexity index is 893. The van der Waals surface area contributed by atoms with E-state index in [0.717, 1.165) is 0 Å². The fourth-order valence-electron chi connectivity index (χ4n) is 4.44. The van der Waals surface area contributed by atoms with Crippen LogP contribution in [0.1, 0.15) is 38.3 Å². The van der Waals surface area contributed by atoms with Crippen LogP contribution in [-0.4, -0.2) is 56.8 Å². The highest BCUT2D eigenvalue weighted by atomic mass is 16.4. The fraction of sp³-hybridized carbons (Fsp3) is 0.300. The van der Waals surface area contributed by atoms with Crippen LogP contribution in [0, 0.1) is 0 Å². The Labute approximate surface area is 155 Å². The average Bonchev–Trinajstić information content (AvgIpc) is 2.66. The molecule has 0 aliphatic heterocycles. The highest BCUT2D eigenvalue weighted by Gasteiger charge is 2.67. The second kappa shape index (κ2) is 6.77. The first-order valence-electron chi connectivity index (χ1n) is 8.41. The Morgan fingerprint density at radius 3 is 1.78 bits per heavy atom. The third kappa shape index (κ3) is 2.47. The number of carbonyl (C=O) groups is 2. The van der Waals surface area contributed by atoms with Gasteiger partial charge in [0.15, 0.2) is 0 Å². The molecule has 7 heteroatoms. The van der Waals surface area contributed by atoms with Gasteiger partial charge in [0.2, 0.25) is 0 Å². The van der Waals surface area contributed by atoms with Crippen molar-refractivity contribution < 1.29 is 35.1 Å². The maximum Gasteiger partial charge on any atom is 0.335 e. The van der Waals surface area contributed by atoms with Crippen molar-refractivity contribution in [2.45, 2.75) is 23.4 Å². The van der Waals surface area contributed by atoms with Crippen molar-refractivity contribution >= 4 is 11.9 Å². The number of hydrogen-bond acceptors (Lipinski definition) is 5. The van der Waals surface area contributed by atoms with Crippen LogP contribution in [0.25, 0.3) is 0 Å². The molecule has 27 heavy (non-hydrogen) atoms. The minimum atomic E-state index is -1.55. The summed E-state index contributed by atoms with van der Waals surface area (Å²) in [5.41, 5.74) is -2.67. The van der Waals surface area contributed by atoms with Gasteiger partial charge in [0.25, 0.3) is 0 Å². The van der Waals surface area contributed by atoms with E-state index in [9.17, 15) is 35.1 Å². The average molecular weight is 372 g/mol. The van der Waals surface area contributed by atoms with Gasteiger partial charge in [-0.1, -0.05) is 36.4 Å². The van der Waals surface area contributed by atoms with Gasteiger partial charge in [-0.15, -0.1) is 0 Å². The first-order chi connectivity index (χ1) is 12.9. The second-order valence-corrected chi connectivity index (χ2v) is 6.79. The molecule has 0 heterocycles. The third-order valence-corrected chi connectivity index (χ3v) is 5.80. The summed E-state index contributed by atoms with van der Waals surface area (Å²) in [6.07, 6.45) is -1.17. The third-order valence-electron chi connectivity index (χ3n) is 5.80. The Morgan fingerprint density at radius 1 is 0.852 bits per heavy atom. The largest absolute Gasteiger partial charge is 0.478 e. The SMILES string of the molecule is O=C(O)c1ccccc1[C@]1(CO)C[C@@H](O)[C@@]1(CO)c1ccccc1C(=O)O. The number of benzene rings is 2. The maximum absolute atomic E-state index is 11.7. The van der Waals surface area contributed by atoms with Gasteiger partial charge in [-0.2, -0.15) is 0 Å². The molecule has 0 amide bonds. The molecule has 0 radical (unpaired) electrons. The molecule has 1 saturated carbocycles. The molecule has 0 unspecified atom stereocenters. The summed E-state index contributed by atoms with van der Waals surface area (Å²) in [6, 6.07) is 12.0. The summed E-state index contributed by atoms with van der Waals surface area (Å²) in [5, 5.41) is 50.4. The zero-order valence-corrected chi connectivity index (χ0v) is 14.4. The van der Waals surface area contributed by atoms with Crippen molar-refractivity contribution in [2.75, 3.05) is 13.2 Å². The summed E-state index contributed by atoms with van der Waals surface area (Å²) in [5.74, 6) is -2.45. The highest BCUT2D eigenvalue weighted by molar-refractivity contribution is 5.92. The van der Waals surface area contributed by atoms with Crippen molar-refractivity contribution in [1.29, 1.82) is 0 Å². The van der Waals surface area contributed by atoms with Gasteiger partial charge in [-0.3, -0.25) is 0 Å². The van der Waals surface area contributed by atoms with Crippen LogP contribution >= 0.6 is 0 Å². The lowest BCUT2D eigenvalue weighted by atomic mass is 9.42.